The van der Waals surface area contributed by atoms with Crippen LogP contribution in [0.15, 0.2) is 36.4 Å². The summed E-state index contributed by atoms with van der Waals surface area (Å²) in [5, 5.41) is 30.5. The SMILES string of the molecule is CCc1cc(O)ccc1-c1ccc2c(-c3nc4c([nH]3)CNC(C(=O)O)C4)n[nH]c2c1. The third kappa shape index (κ3) is 3.02. The van der Waals surface area contributed by atoms with Crippen molar-refractivity contribution in [1.82, 2.24) is 25.5 Å². The first-order valence-corrected chi connectivity index (χ1v) is 9.88. The van der Waals surface area contributed by atoms with Crippen LogP contribution in [0.1, 0.15) is 23.9 Å². The van der Waals surface area contributed by atoms with E-state index in [1.54, 1.807) is 12.1 Å². The van der Waals surface area contributed by atoms with Gasteiger partial charge in [0.1, 0.15) is 17.5 Å². The van der Waals surface area contributed by atoms with Crippen LogP contribution in [0.3, 0.4) is 0 Å². The topological polar surface area (TPSA) is 127 Å². The molecule has 0 saturated heterocycles. The van der Waals surface area contributed by atoms with Gasteiger partial charge in [0.15, 0.2) is 5.82 Å². The summed E-state index contributed by atoms with van der Waals surface area (Å²) in [6, 6.07) is 10.9. The highest BCUT2D eigenvalue weighted by atomic mass is 16.4. The van der Waals surface area contributed by atoms with E-state index in [0.29, 0.717) is 24.5 Å². The molecule has 0 fully saturated rings. The van der Waals surface area contributed by atoms with E-state index in [4.69, 9.17) is 0 Å². The number of nitrogens with zero attached hydrogens (tertiary/aromatic N) is 2. The third-order valence-electron chi connectivity index (χ3n) is 5.65. The van der Waals surface area contributed by atoms with E-state index < -0.39 is 12.0 Å². The number of aromatic hydroxyl groups is 1. The van der Waals surface area contributed by atoms with Gasteiger partial charge in [0.25, 0.3) is 0 Å². The lowest BCUT2D eigenvalue weighted by Crippen LogP contribution is -2.41. The molecule has 0 spiro atoms. The number of rotatable bonds is 4. The first kappa shape index (κ1) is 18.4. The van der Waals surface area contributed by atoms with Crippen molar-refractivity contribution in [2.75, 3.05) is 0 Å². The summed E-state index contributed by atoms with van der Waals surface area (Å²) in [5.41, 5.74) is 6.45. The highest BCUT2D eigenvalue weighted by Crippen LogP contribution is 2.32. The molecule has 152 valence electrons. The van der Waals surface area contributed by atoms with Crippen LogP contribution in [0.25, 0.3) is 33.5 Å². The smallest absolute Gasteiger partial charge is 0.321 e. The number of hydrogen-bond donors (Lipinski definition) is 5. The van der Waals surface area contributed by atoms with E-state index in [2.05, 4.69) is 32.4 Å². The highest BCUT2D eigenvalue weighted by Gasteiger charge is 2.27. The van der Waals surface area contributed by atoms with Gasteiger partial charge in [-0.25, -0.2) is 4.98 Å². The maximum Gasteiger partial charge on any atom is 0.321 e. The number of H-pyrrole nitrogens is 2. The van der Waals surface area contributed by atoms with E-state index in [-0.39, 0.29) is 5.75 Å². The Kier molecular flexibility index (Phi) is 4.29. The number of aromatic amines is 2. The van der Waals surface area contributed by atoms with Gasteiger partial charge in [0.2, 0.25) is 0 Å². The Bertz CT molecular complexity index is 1270. The van der Waals surface area contributed by atoms with Crippen molar-refractivity contribution in [3.8, 4) is 28.4 Å². The average Bonchev–Trinajstić information content (AvgIpc) is 3.36. The molecule has 2 aromatic carbocycles. The largest absolute Gasteiger partial charge is 0.508 e. The fraction of sp³-hybridized carbons (Fsp3) is 0.227. The molecule has 1 unspecified atom stereocenters. The number of aryl methyl sites for hydroxylation is 1. The van der Waals surface area contributed by atoms with Gasteiger partial charge in [-0.15, -0.1) is 0 Å². The zero-order valence-corrected chi connectivity index (χ0v) is 16.4. The van der Waals surface area contributed by atoms with Gasteiger partial charge in [-0.05, 0) is 47.4 Å². The van der Waals surface area contributed by atoms with Crippen LogP contribution in [-0.4, -0.2) is 42.4 Å². The molecule has 3 heterocycles. The molecule has 4 aromatic rings. The third-order valence-corrected chi connectivity index (χ3v) is 5.65. The Labute approximate surface area is 172 Å². The van der Waals surface area contributed by atoms with Crippen molar-refractivity contribution < 1.29 is 15.0 Å². The minimum atomic E-state index is -0.872. The summed E-state index contributed by atoms with van der Waals surface area (Å²) < 4.78 is 0. The van der Waals surface area contributed by atoms with Crippen LogP contribution in [0.4, 0.5) is 0 Å². The van der Waals surface area contributed by atoms with E-state index in [0.717, 1.165) is 45.4 Å². The maximum atomic E-state index is 11.3. The van der Waals surface area contributed by atoms with Crippen LogP contribution in [0, 0.1) is 0 Å². The molecule has 0 radical (unpaired) electrons. The zero-order chi connectivity index (χ0) is 20.8. The molecule has 0 saturated carbocycles. The number of phenols is 1. The van der Waals surface area contributed by atoms with Gasteiger partial charge >= 0.3 is 5.97 Å². The molecule has 5 N–H and O–H groups in total. The normalized spacial score (nSPS) is 16.0. The quantitative estimate of drug-likeness (QED) is 0.356. The molecular formula is C22H21N5O3. The Morgan fingerprint density at radius 1 is 1.23 bits per heavy atom. The fourth-order valence-corrected chi connectivity index (χ4v) is 4.06. The molecule has 0 bridgehead atoms. The molecule has 0 aliphatic carbocycles. The molecule has 8 nitrogen and oxygen atoms in total. The lowest BCUT2D eigenvalue weighted by Gasteiger charge is -2.18. The Balaban J connectivity index is 1.52. The average molecular weight is 403 g/mol. The Hall–Kier alpha value is -3.65. The first-order valence-electron chi connectivity index (χ1n) is 9.88. The van der Waals surface area contributed by atoms with Crippen LogP contribution in [-0.2, 0) is 24.2 Å². The van der Waals surface area contributed by atoms with Crippen LogP contribution in [0.2, 0.25) is 0 Å². The fourth-order valence-electron chi connectivity index (χ4n) is 4.06. The van der Waals surface area contributed by atoms with E-state index in [9.17, 15) is 15.0 Å². The van der Waals surface area contributed by atoms with Crippen LogP contribution in [0.5, 0.6) is 5.75 Å². The predicted molar refractivity (Wildman–Crippen MR) is 112 cm³/mol. The van der Waals surface area contributed by atoms with E-state index >= 15 is 0 Å². The van der Waals surface area contributed by atoms with Gasteiger partial charge in [-0.2, -0.15) is 5.10 Å². The lowest BCUT2D eigenvalue weighted by atomic mass is 9.97. The summed E-state index contributed by atoms with van der Waals surface area (Å²) in [7, 11) is 0. The minimum absolute atomic E-state index is 0.266. The summed E-state index contributed by atoms with van der Waals surface area (Å²) in [6.07, 6.45) is 1.16. The lowest BCUT2D eigenvalue weighted by molar-refractivity contribution is -0.139. The van der Waals surface area contributed by atoms with E-state index in [1.165, 1.54) is 0 Å². The van der Waals surface area contributed by atoms with Crippen molar-refractivity contribution in [2.45, 2.75) is 32.4 Å². The Morgan fingerprint density at radius 3 is 2.90 bits per heavy atom. The number of imidazole rings is 1. The second-order valence-electron chi connectivity index (χ2n) is 7.51. The zero-order valence-electron chi connectivity index (χ0n) is 16.4. The van der Waals surface area contributed by atoms with Gasteiger partial charge in [-0.3, -0.25) is 15.2 Å². The summed E-state index contributed by atoms with van der Waals surface area (Å²) in [5.74, 6) is 0.0243. The summed E-state index contributed by atoms with van der Waals surface area (Å²) >= 11 is 0. The van der Waals surface area contributed by atoms with Crippen LogP contribution < -0.4 is 5.32 Å². The number of aliphatic carboxylic acids is 1. The number of aromatic nitrogens is 4. The number of hydrogen-bond acceptors (Lipinski definition) is 5. The van der Waals surface area contributed by atoms with Crippen molar-refractivity contribution >= 4 is 16.9 Å². The molecule has 0 amide bonds. The van der Waals surface area contributed by atoms with Crippen molar-refractivity contribution in [3.05, 3.63) is 53.3 Å². The molecule has 1 atom stereocenters. The van der Waals surface area contributed by atoms with Crippen LogP contribution >= 0.6 is 0 Å². The molecule has 5 rings (SSSR count). The standard InChI is InChI=1S/C22H21N5O3/c1-2-11-7-13(28)4-6-14(11)12-3-5-15-16(8-12)26-27-20(15)21-24-17-9-18(22(29)30)23-10-19(17)25-21/h3-8,18,23,28H,2,9-10H2,1H3,(H,24,25)(H,26,27)(H,29,30). The first-order chi connectivity index (χ1) is 14.5. The number of carboxylic acids is 1. The highest BCUT2D eigenvalue weighted by molar-refractivity contribution is 5.94. The van der Waals surface area contributed by atoms with E-state index in [1.807, 2.05) is 24.3 Å². The van der Waals surface area contributed by atoms with Gasteiger partial charge < -0.3 is 15.2 Å². The molecule has 1 aliphatic heterocycles. The van der Waals surface area contributed by atoms with Crippen molar-refractivity contribution in [3.63, 3.8) is 0 Å². The summed E-state index contributed by atoms with van der Waals surface area (Å²) in [4.78, 5) is 19.2. The van der Waals surface area contributed by atoms with Crippen molar-refractivity contribution in [2.24, 2.45) is 0 Å². The summed E-state index contributed by atoms with van der Waals surface area (Å²) in [6.45, 7) is 2.50. The molecule has 8 heteroatoms. The Morgan fingerprint density at radius 2 is 2.10 bits per heavy atom. The number of carbonyl (C=O) groups is 1. The second-order valence-corrected chi connectivity index (χ2v) is 7.51. The number of fused-ring (bicyclic) bond motifs is 2. The van der Waals surface area contributed by atoms with Gasteiger partial charge in [-0.1, -0.05) is 19.1 Å². The number of phenolic OH excluding ortho intramolecular Hbond substituents is 1. The maximum absolute atomic E-state index is 11.3. The van der Waals surface area contributed by atoms with Crippen molar-refractivity contribution in [1.29, 1.82) is 0 Å². The number of carboxylic acid groups (broad SMARTS) is 1. The van der Waals surface area contributed by atoms with Gasteiger partial charge in [0, 0.05) is 18.4 Å². The molecular weight excluding hydrogens is 382 g/mol. The molecule has 1 aliphatic rings. The predicted octanol–water partition coefficient (Wildman–Crippen LogP) is 2.99. The van der Waals surface area contributed by atoms with Gasteiger partial charge in [0.05, 0.1) is 16.9 Å². The molecule has 30 heavy (non-hydrogen) atoms. The molecule has 2 aromatic heterocycles. The second kappa shape index (κ2) is 7.00. The number of benzene rings is 2. The number of nitrogens with one attached hydrogen (secondary N) is 3. The minimum Gasteiger partial charge on any atom is -0.508 e. The monoisotopic (exact) mass is 403 g/mol.